The minimum atomic E-state index is -4.65. The maximum atomic E-state index is 13.5. The van der Waals surface area contributed by atoms with Gasteiger partial charge in [-0.2, -0.15) is 18.3 Å². The maximum Gasteiger partial charge on any atom is 0.418 e. The number of benzene rings is 1. The van der Waals surface area contributed by atoms with Gasteiger partial charge in [-0.25, -0.2) is 9.48 Å². The van der Waals surface area contributed by atoms with Crippen molar-refractivity contribution in [1.82, 2.24) is 20.0 Å². The largest absolute Gasteiger partial charge is 0.418 e. The molecule has 1 aromatic heterocycles. The third-order valence-corrected chi connectivity index (χ3v) is 4.37. The van der Waals surface area contributed by atoms with Crippen molar-refractivity contribution < 1.29 is 22.8 Å². The monoisotopic (exact) mass is 395 g/mol. The zero-order chi connectivity index (χ0) is 20.3. The zero-order valence-corrected chi connectivity index (χ0v) is 15.2. The van der Waals surface area contributed by atoms with Crippen LogP contribution in [0.1, 0.15) is 25.3 Å². The molecule has 1 aliphatic heterocycles. The minimum absolute atomic E-state index is 0.0163. The summed E-state index contributed by atoms with van der Waals surface area (Å²) >= 11 is 0. The lowest BCUT2D eigenvalue weighted by Crippen LogP contribution is -2.44. The number of amides is 3. The minimum Gasteiger partial charge on any atom is -0.341 e. The number of nitrogens with zero attached hydrogens (tertiary/aromatic N) is 3. The zero-order valence-electron chi connectivity index (χ0n) is 15.2. The van der Waals surface area contributed by atoms with Crippen LogP contribution in [0.4, 0.5) is 23.7 Å². The Hall–Kier alpha value is -3.04. The highest BCUT2D eigenvalue weighted by atomic mass is 19.4. The highest BCUT2D eigenvalue weighted by Crippen LogP contribution is 2.36. The van der Waals surface area contributed by atoms with Gasteiger partial charge in [0, 0.05) is 37.9 Å². The van der Waals surface area contributed by atoms with E-state index >= 15 is 0 Å². The van der Waals surface area contributed by atoms with Gasteiger partial charge in [-0.15, -0.1) is 0 Å². The van der Waals surface area contributed by atoms with Crippen LogP contribution < -0.4 is 10.6 Å². The Balaban J connectivity index is 1.70. The van der Waals surface area contributed by atoms with Crippen molar-refractivity contribution in [3.05, 3.63) is 42.2 Å². The van der Waals surface area contributed by atoms with Gasteiger partial charge in [0.1, 0.15) is 0 Å². The number of urea groups is 1. The van der Waals surface area contributed by atoms with Crippen LogP contribution in [0.3, 0.4) is 0 Å². The predicted octanol–water partition coefficient (Wildman–Crippen LogP) is 3.02. The lowest BCUT2D eigenvalue weighted by atomic mass is 10.1. The molecule has 1 saturated heterocycles. The Kier molecular flexibility index (Phi) is 5.57. The summed E-state index contributed by atoms with van der Waals surface area (Å²) in [5.41, 5.74) is -1.10. The van der Waals surface area contributed by atoms with Gasteiger partial charge in [-0.05, 0) is 37.6 Å². The van der Waals surface area contributed by atoms with Crippen LogP contribution in [-0.4, -0.2) is 45.8 Å². The second kappa shape index (κ2) is 7.91. The fourth-order valence-electron chi connectivity index (χ4n) is 3.10. The van der Waals surface area contributed by atoms with E-state index in [1.165, 1.54) is 29.2 Å². The molecule has 1 fully saturated rings. The Morgan fingerprint density at radius 3 is 2.75 bits per heavy atom. The van der Waals surface area contributed by atoms with Crippen LogP contribution in [0, 0.1) is 0 Å². The maximum absolute atomic E-state index is 13.5. The number of anilines is 1. The van der Waals surface area contributed by atoms with Crippen LogP contribution in [0.25, 0.3) is 5.69 Å². The average molecular weight is 395 g/mol. The second-order valence-electron chi connectivity index (χ2n) is 6.62. The number of halogens is 3. The van der Waals surface area contributed by atoms with Crippen LogP contribution in [0.2, 0.25) is 0 Å². The molecule has 28 heavy (non-hydrogen) atoms. The molecule has 2 aromatic rings. The molecule has 0 aliphatic carbocycles. The molecule has 3 amide bonds. The van der Waals surface area contributed by atoms with E-state index in [4.69, 9.17) is 0 Å². The third-order valence-electron chi connectivity index (χ3n) is 4.37. The van der Waals surface area contributed by atoms with Gasteiger partial charge in [0.25, 0.3) is 0 Å². The van der Waals surface area contributed by atoms with Crippen LogP contribution >= 0.6 is 0 Å². The number of aromatic nitrogens is 2. The Bertz CT molecular complexity index is 851. The van der Waals surface area contributed by atoms with Gasteiger partial charge in [-0.1, -0.05) is 0 Å². The second-order valence-corrected chi connectivity index (χ2v) is 6.62. The Labute approximate surface area is 159 Å². The molecule has 0 radical (unpaired) electrons. The van der Waals surface area contributed by atoms with E-state index in [1.54, 1.807) is 17.9 Å². The summed E-state index contributed by atoms with van der Waals surface area (Å²) in [6, 6.07) is 3.98. The number of nitrogens with one attached hydrogen (secondary N) is 2. The van der Waals surface area contributed by atoms with Crippen molar-refractivity contribution >= 4 is 17.6 Å². The molecular weight excluding hydrogens is 375 g/mol. The summed E-state index contributed by atoms with van der Waals surface area (Å²) in [5.74, 6) is 0.0163. The van der Waals surface area contributed by atoms with E-state index in [9.17, 15) is 22.8 Å². The molecule has 0 spiro atoms. The lowest BCUT2D eigenvalue weighted by molar-refractivity contribution is -0.137. The average Bonchev–Trinajstić information content (AvgIpc) is 3.27. The van der Waals surface area contributed by atoms with Crippen LogP contribution in [-0.2, 0) is 11.0 Å². The van der Waals surface area contributed by atoms with Crippen molar-refractivity contribution in [3.8, 4) is 5.69 Å². The summed E-state index contributed by atoms with van der Waals surface area (Å²) in [5, 5.41) is 8.73. The molecule has 1 aliphatic rings. The molecular formula is C18H20F3N5O2. The van der Waals surface area contributed by atoms with Gasteiger partial charge in [0.2, 0.25) is 5.91 Å². The number of rotatable bonds is 5. The first-order valence-corrected chi connectivity index (χ1v) is 8.80. The van der Waals surface area contributed by atoms with Gasteiger partial charge in [-0.3, -0.25) is 4.79 Å². The van der Waals surface area contributed by atoms with Crippen molar-refractivity contribution in [3.63, 3.8) is 0 Å². The fourth-order valence-corrected chi connectivity index (χ4v) is 3.10. The molecule has 2 N–H and O–H groups in total. The van der Waals surface area contributed by atoms with Gasteiger partial charge in [0.05, 0.1) is 16.9 Å². The Morgan fingerprint density at radius 2 is 2.14 bits per heavy atom. The number of hydrogen-bond acceptors (Lipinski definition) is 3. The molecule has 7 nitrogen and oxygen atoms in total. The normalized spacial score (nSPS) is 15.6. The van der Waals surface area contributed by atoms with Crippen molar-refractivity contribution in [2.24, 2.45) is 0 Å². The first-order valence-electron chi connectivity index (χ1n) is 8.80. The lowest BCUT2D eigenvalue weighted by Gasteiger charge is -2.22. The first-order chi connectivity index (χ1) is 13.2. The van der Waals surface area contributed by atoms with Crippen molar-refractivity contribution in [2.75, 3.05) is 18.4 Å². The number of hydrogen-bond donors (Lipinski definition) is 2. The number of likely N-dealkylation sites (tertiary alicyclic amines) is 1. The summed E-state index contributed by atoms with van der Waals surface area (Å²) in [4.78, 5) is 25.4. The summed E-state index contributed by atoms with van der Waals surface area (Å²) in [6.07, 6.45) is -0.416. The van der Waals surface area contributed by atoms with E-state index in [-0.39, 0.29) is 17.3 Å². The Morgan fingerprint density at radius 1 is 1.36 bits per heavy atom. The fraction of sp³-hybridized carbons (Fsp3) is 0.389. The predicted molar refractivity (Wildman–Crippen MR) is 96.0 cm³/mol. The van der Waals surface area contributed by atoms with E-state index in [0.29, 0.717) is 19.5 Å². The standard InChI is InChI=1S/C18H20F3N5O2/c1-12(11-25-8-2-4-16(25)27)23-17(28)24-15-6-5-13(26-9-3-7-22-26)10-14(15)18(19,20)21/h3,5-7,9-10,12H,2,4,8,11H2,1H3,(H2,23,24,28)/t12-/m1/s1. The number of carbonyl (C=O) groups is 2. The molecule has 150 valence electrons. The van der Waals surface area contributed by atoms with E-state index in [2.05, 4.69) is 15.7 Å². The first kappa shape index (κ1) is 19.7. The molecule has 0 unspecified atom stereocenters. The SMILES string of the molecule is C[C@H](CN1CCCC1=O)NC(=O)Nc1ccc(-n2cccn2)cc1C(F)(F)F. The number of alkyl halides is 3. The summed E-state index contributed by atoms with van der Waals surface area (Å²) in [6.45, 7) is 2.63. The van der Waals surface area contributed by atoms with Gasteiger partial charge < -0.3 is 15.5 Å². The van der Waals surface area contributed by atoms with Crippen LogP contribution in [0.15, 0.2) is 36.7 Å². The van der Waals surface area contributed by atoms with Gasteiger partial charge in [0.15, 0.2) is 0 Å². The molecule has 1 aromatic carbocycles. The molecule has 1 atom stereocenters. The quantitative estimate of drug-likeness (QED) is 0.817. The van der Waals surface area contributed by atoms with Crippen LogP contribution in [0.5, 0.6) is 0 Å². The smallest absolute Gasteiger partial charge is 0.341 e. The summed E-state index contributed by atoms with van der Waals surface area (Å²) < 4.78 is 41.7. The highest BCUT2D eigenvalue weighted by Gasteiger charge is 2.34. The third kappa shape index (κ3) is 4.62. The van der Waals surface area contributed by atoms with Gasteiger partial charge >= 0.3 is 12.2 Å². The molecule has 2 heterocycles. The molecule has 0 saturated carbocycles. The summed E-state index contributed by atoms with van der Waals surface area (Å²) in [7, 11) is 0. The van der Waals surface area contributed by atoms with E-state index in [0.717, 1.165) is 12.5 Å². The number of carbonyl (C=O) groups excluding carboxylic acids is 2. The molecule has 10 heteroatoms. The molecule has 3 rings (SSSR count). The highest BCUT2D eigenvalue weighted by molar-refractivity contribution is 5.90. The van der Waals surface area contributed by atoms with Crippen molar-refractivity contribution in [1.29, 1.82) is 0 Å². The van der Waals surface area contributed by atoms with Crippen molar-refractivity contribution in [2.45, 2.75) is 32.0 Å². The van der Waals surface area contributed by atoms with E-state index < -0.39 is 23.8 Å². The van der Waals surface area contributed by atoms with E-state index in [1.807, 2.05) is 0 Å². The molecule has 0 bridgehead atoms. The topological polar surface area (TPSA) is 79.3 Å².